The molecule has 0 amide bonds. The van der Waals surface area contributed by atoms with Crippen LogP contribution in [0.2, 0.25) is 0 Å². The molecule has 0 saturated carbocycles. The highest BCUT2D eigenvalue weighted by Gasteiger charge is 2.23. The number of nitrogens with zero attached hydrogens (tertiary/aromatic N) is 1. The Morgan fingerprint density at radius 1 is 1.23 bits per heavy atom. The Balaban J connectivity index is 1.75. The van der Waals surface area contributed by atoms with Gasteiger partial charge in [-0.1, -0.05) is 0 Å². The fourth-order valence-electron chi connectivity index (χ4n) is 2.66. The van der Waals surface area contributed by atoms with Crippen molar-refractivity contribution in [3.05, 3.63) is 0 Å². The summed E-state index contributed by atoms with van der Waals surface area (Å²) in [4.78, 5) is 2.69. The first kappa shape index (κ1) is 9.47. The first-order valence-corrected chi connectivity index (χ1v) is 5.81. The molecule has 2 nitrogen and oxygen atoms in total. The second-order valence-electron chi connectivity index (χ2n) is 4.68. The molecule has 0 aromatic heterocycles. The molecular formula is C11H22N2. The molecule has 2 heteroatoms. The van der Waals surface area contributed by atoms with Crippen molar-refractivity contribution >= 4 is 0 Å². The van der Waals surface area contributed by atoms with E-state index in [4.69, 9.17) is 0 Å². The molecule has 0 aromatic carbocycles. The van der Waals surface area contributed by atoms with Crippen LogP contribution in [-0.2, 0) is 0 Å². The molecule has 2 aliphatic rings. The molecule has 1 atom stereocenters. The van der Waals surface area contributed by atoms with E-state index in [-0.39, 0.29) is 0 Å². The number of piperidine rings is 1. The van der Waals surface area contributed by atoms with Crippen molar-refractivity contribution < 1.29 is 0 Å². The average Bonchev–Trinajstić information content (AvgIpc) is 2.54. The molecule has 0 aliphatic carbocycles. The van der Waals surface area contributed by atoms with Gasteiger partial charge in [-0.25, -0.2) is 0 Å². The Morgan fingerprint density at radius 2 is 2.00 bits per heavy atom. The lowest BCUT2D eigenvalue weighted by molar-refractivity contribution is 0.201. The van der Waals surface area contributed by atoms with Crippen LogP contribution in [0.25, 0.3) is 0 Å². The predicted octanol–water partition coefficient (Wildman–Crippen LogP) is 1.47. The monoisotopic (exact) mass is 182 g/mol. The Hall–Kier alpha value is -0.0800. The topological polar surface area (TPSA) is 15.3 Å². The third-order valence-electron chi connectivity index (χ3n) is 3.64. The zero-order valence-electron chi connectivity index (χ0n) is 8.76. The lowest BCUT2D eigenvalue weighted by Gasteiger charge is -2.29. The summed E-state index contributed by atoms with van der Waals surface area (Å²) >= 11 is 0. The fourth-order valence-corrected chi connectivity index (χ4v) is 2.66. The van der Waals surface area contributed by atoms with Gasteiger partial charge in [-0.2, -0.15) is 0 Å². The fraction of sp³-hybridized carbons (Fsp3) is 1.00. The first-order chi connectivity index (χ1) is 6.36. The molecule has 2 saturated heterocycles. The van der Waals surface area contributed by atoms with Crippen molar-refractivity contribution in [2.24, 2.45) is 5.92 Å². The van der Waals surface area contributed by atoms with Crippen LogP contribution in [0.3, 0.4) is 0 Å². The van der Waals surface area contributed by atoms with E-state index in [1.165, 1.54) is 51.9 Å². The van der Waals surface area contributed by atoms with E-state index in [2.05, 4.69) is 17.1 Å². The molecule has 76 valence electrons. The van der Waals surface area contributed by atoms with Crippen molar-refractivity contribution in [3.8, 4) is 0 Å². The highest BCUT2D eigenvalue weighted by molar-refractivity contribution is 4.79. The van der Waals surface area contributed by atoms with Crippen molar-refractivity contribution in [2.45, 2.75) is 38.6 Å². The van der Waals surface area contributed by atoms with Crippen LogP contribution in [-0.4, -0.2) is 37.1 Å². The summed E-state index contributed by atoms with van der Waals surface area (Å²) in [5, 5.41) is 3.43. The summed E-state index contributed by atoms with van der Waals surface area (Å²) in [7, 11) is 0. The van der Waals surface area contributed by atoms with Crippen LogP contribution >= 0.6 is 0 Å². The van der Waals surface area contributed by atoms with Crippen molar-refractivity contribution in [3.63, 3.8) is 0 Å². The number of hydrogen-bond donors (Lipinski definition) is 1. The van der Waals surface area contributed by atoms with Gasteiger partial charge in [0.1, 0.15) is 0 Å². The smallest absolute Gasteiger partial charge is 0.00675 e. The van der Waals surface area contributed by atoms with Gasteiger partial charge in [0.25, 0.3) is 0 Å². The van der Waals surface area contributed by atoms with Gasteiger partial charge in [-0.05, 0) is 58.2 Å². The molecule has 2 fully saturated rings. The van der Waals surface area contributed by atoms with Crippen LogP contribution in [0, 0.1) is 5.92 Å². The molecule has 2 rings (SSSR count). The van der Waals surface area contributed by atoms with E-state index >= 15 is 0 Å². The minimum atomic E-state index is 0.856. The van der Waals surface area contributed by atoms with E-state index in [9.17, 15) is 0 Å². The number of rotatable bonds is 2. The Bertz CT molecular complexity index is 152. The number of hydrogen-bond acceptors (Lipinski definition) is 2. The van der Waals surface area contributed by atoms with Crippen LogP contribution < -0.4 is 5.32 Å². The SMILES string of the molecule is CC1CCCN1CC1CCNCC1. The van der Waals surface area contributed by atoms with Gasteiger partial charge in [-0.3, -0.25) is 0 Å². The van der Waals surface area contributed by atoms with Gasteiger partial charge < -0.3 is 10.2 Å². The zero-order valence-corrected chi connectivity index (χ0v) is 8.76. The molecule has 1 unspecified atom stereocenters. The summed E-state index contributed by atoms with van der Waals surface area (Å²) in [5.74, 6) is 0.974. The van der Waals surface area contributed by atoms with Crippen LogP contribution in [0.1, 0.15) is 32.6 Å². The third-order valence-corrected chi connectivity index (χ3v) is 3.64. The molecule has 0 radical (unpaired) electrons. The van der Waals surface area contributed by atoms with E-state index in [1.54, 1.807) is 0 Å². The van der Waals surface area contributed by atoms with Crippen molar-refractivity contribution in [2.75, 3.05) is 26.2 Å². The molecule has 0 spiro atoms. The van der Waals surface area contributed by atoms with Gasteiger partial charge in [0.2, 0.25) is 0 Å². The maximum absolute atomic E-state index is 3.43. The molecule has 0 aromatic rings. The van der Waals surface area contributed by atoms with Gasteiger partial charge >= 0.3 is 0 Å². The molecule has 2 heterocycles. The Labute approximate surface area is 81.7 Å². The Morgan fingerprint density at radius 3 is 2.62 bits per heavy atom. The maximum Gasteiger partial charge on any atom is 0.00675 e. The summed E-state index contributed by atoms with van der Waals surface area (Å²) in [6.07, 6.45) is 5.63. The van der Waals surface area contributed by atoms with Crippen molar-refractivity contribution in [1.82, 2.24) is 10.2 Å². The molecule has 0 bridgehead atoms. The average molecular weight is 182 g/mol. The molecule has 2 aliphatic heterocycles. The normalized spacial score (nSPS) is 32.5. The van der Waals surface area contributed by atoms with E-state index in [0.717, 1.165) is 12.0 Å². The minimum Gasteiger partial charge on any atom is -0.317 e. The van der Waals surface area contributed by atoms with Crippen LogP contribution in [0.5, 0.6) is 0 Å². The number of nitrogens with one attached hydrogen (secondary N) is 1. The first-order valence-electron chi connectivity index (χ1n) is 5.81. The summed E-state index contributed by atoms with van der Waals surface area (Å²) in [6.45, 7) is 7.59. The summed E-state index contributed by atoms with van der Waals surface area (Å²) < 4.78 is 0. The minimum absolute atomic E-state index is 0.856. The quantitative estimate of drug-likeness (QED) is 0.695. The Kier molecular flexibility index (Phi) is 3.23. The molecule has 1 N–H and O–H groups in total. The lowest BCUT2D eigenvalue weighted by atomic mass is 9.97. The highest BCUT2D eigenvalue weighted by atomic mass is 15.2. The predicted molar refractivity (Wildman–Crippen MR) is 55.9 cm³/mol. The second kappa shape index (κ2) is 4.43. The van der Waals surface area contributed by atoms with Gasteiger partial charge in [0, 0.05) is 12.6 Å². The second-order valence-corrected chi connectivity index (χ2v) is 4.68. The van der Waals surface area contributed by atoms with Crippen LogP contribution in [0.15, 0.2) is 0 Å². The van der Waals surface area contributed by atoms with E-state index in [0.29, 0.717) is 0 Å². The van der Waals surface area contributed by atoms with Gasteiger partial charge in [-0.15, -0.1) is 0 Å². The van der Waals surface area contributed by atoms with Crippen LogP contribution in [0.4, 0.5) is 0 Å². The van der Waals surface area contributed by atoms with Gasteiger partial charge in [0.05, 0.1) is 0 Å². The molecular weight excluding hydrogens is 160 g/mol. The zero-order chi connectivity index (χ0) is 9.10. The highest BCUT2D eigenvalue weighted by Crippen LogP contribution is 2.21. The van der Waals surface area contributed by atoms with Gasteiger partial charge in [0.15, 0.2) is 0 Å². The maximum atomic E-state index is 3.43. The summed E-state index contributed by atoms with van der Waals surface area (Å²) in [6, 6.07) is 0.856. The lowest BCUT2D eigenvalue weighted by Crippen LogP contribution is -2.37. The van der Waals surface area contributed by atoms with E-state index < -0.39 is 0 Å². The van der Waals surface area contributed by atoms with E-state index in [1.807, 2.05) is 0 Å². The standard InChI is InChI=1S/C11H22N2/c1-10-3-2-8-13(10)9-11-4-6-12-7-5-11/h10-12H,2-9H2,1H3. The largest absolute Gasteiger partial charge is 0.317 e. The third kappa shape index (κ3) is 2.44. The summed E-state index contributed by atoms with van der Waals surface area (Å²) in [5.41, 5.74) is 0. The molecule has 13 heavy (non-hydrogen) atoms. The number of likely N-dealkylation sites (tertiary alicyclic amines) is 1. The van der Waals surface area contributed by atoms with Crippen molar-refractivity contribution in [1.29, 1.82) is 0 Å².